The number of amides is 1. The first-order valence-electron chi connectivity index (χ1n) is 9.91. The average molecular weight is 404 g/mol. The maximum Gasteiger partial charge on any atom is 0.262 e. The monoisotopic (exact) mass is 403 g/mol. The molecule has 1 aliphatic heterocycles. The van der Waals surface area contributed by atoms with Gasteiger partial charge in [-0.3, -0.25) is 14.2 Å². The number of para-hydroxylation sites is 1. The highest BCUT2D eigenvalue weighted by atomic mass is 32.2. The summed E-state index contributed by atoms with van der Waals surface area (Å²) in [5, 5.41) is 0.837. The van der Waals surface area contributed by atoms with Gasteiger partial charge in [0.2, 0.25) is 5.91 Å². The van der Waals surface area contributed by atoms with Crippen LogP contribution in [0.5, 0.6) is 0 Å². The summed E-state index contributed by atoms with van der Waals surface area (Å²) < 4.78 is 6.80. The zero-order valence-corrected chi connectivity index (χ0v) is 17.9. The standard InChI is InChI=1S/C21H29N3O3S/c1-14-8-7-9-15(2)24(14)19(25)16(3)28-21-22-18-11-6-5-10-17(18)20(26)23(21)12-13-27-4/h5-6,10-11,14-16H,7-9,12-13H2,1-4H3/t14-,15+,16-/m1/s1. The number of ether oxygens (including phenoxy) is 1. The SMILES string of the molecule is COCCn1c(S[C@H](C)C(=O)N2[C@H](C)CCC[C@@H]2C)nc2ccccc2c1=O. The van der Waals surface area contributed by atoms with Crippen LogP contribution in [-0.4, -0.2) is 51.4 Å². The molecule has 1 fully saturated rings. The molecule has 1 aromatic heterocycles. The Morgan fingerprint density at radius 2 is 1.96 bits per heavy atom. The van der Waals surface area contributed by atoms with E-state index in [-0.39, 0.29) is 28.8 Å². The van der Waals surface area contributed by atoms with Crippen LogP contribution in [0.4, 0.5) is 0 Å². The smallest absolute Gasteiger partial charge is 0.262 e. The predicted octanol–water partition coefficient (Wildman–Crippen LogP) is 3.31. The molecule has 152 valence electrons. The third kappa shape index (κ3) is 4.25. The van der Waals surface area contributed by atoms with Crippen LogP contribution in [0.3, 0.4) is 0 Å². The van der Waals surface area contributed by atoms with E-state index in [1.165, 1.54) is 11.8 Å². The zero-order chi connectivity index (χ0) is 20.3. The molecular formula is C21H29N3O3S. The second-order valence-electron chi connectivity index (χ2n) is 7.50. The minimum absolute atomic E-state index is 0.0930. The van der Waals surface area contributed by atoms with Gasteiger partial charge in [-0.2, -0.15) is 0 Å². The lowest BCUT2D eigenvalue weighted by Crippen LogP contribution is -2.50. The van der Waals surface area contributed by atoms with Crippen LogP contribution in [0, 0.1) is 0 Å². The number of fused-ring (bicyclic) bond motifs is 1. The van der Waals surface area contributed by atoms with Gasteiger partial charge in [0.05, 0.1) is 29.3 Å². The molecule has 7 heteroatoms. The van der Waals surface area contributed by atoms with Crippen LogP contribution in [0.15, 0.2) is 34.2 Å². The van der Waals surface area contributed by atoms with Crippen molar-refractivity contribution in [1.29, 1.82) is 0 Å². The fraction of sp³-hybridized carbons (Fsp3) is 0.571. The van der Waals surface area contributed by atoms with Crippen molar-refractivity contribution in [2.45, 2.75) is 69.1 Å². The Morgan fingerprint density at radius 1 is 1.29 bits per heavy atom. The quantitative estimate of drug-likeness (QED) is 0.547. The molecule has 0 spiro atoms. The van der Waals surface area contributed by atoms with E-state index in [0.717, 1.165) is 19.3 Å². The minimum atomic E-state index is -0.315. The van der Waals surface area contributed by atoms with Crippen molar-refractivity contribution in [3.8, 4) is 0 Å². The number of thioether (sulfide) groups is 1. The summed E-state index contributed by atoms with van der Waals surface area (Å²) in [6.45, 7) is 6.97. The van der Waals surface area contributed by atoms with Crippen molar-refractivity contribution < 1.29 is 9.53 Å². The molecule has 2 heterocycles. The van der Waals surface area contributed by atoms with E-state index in [2.05, 4.69) is 13.8 Å². The molecule has 0 N–H and O–H groups in total. The first-order chi connectivity index (χ1) is 13.4. The summed E-state index contributed by atoms with van der Waals surface area (Å²) in [6, 6.07) is 7.83. The lowest BCUT2D eigenvalue weighted by molar-refractivity contribution is -0.136. The second-order valence-corrected chi connectivity index (χ2v) is 8.80. The number of likely N-dealkylation sites (tertiary alicyclic amines) is 1. The Hall–Kier alpha value is -1.86. The Morgan fingerprint density at radius 3 is 2.64 bits per heavy atom. The first-order valence-corrected chi connectivity index (χ1v) is 10.8. The predicted molar refractivity (Wildman–Crippen MR) is 113 cm³/mol. The van der Waals surface area contributed by atoms with Crippen LogP contribution < -0.4 is 5.56 Å². The number of hydrogen-bond donors (Lipinski definition) is 0. The summed E-state index contributed by atoms with van der Waals surface area (Å²) in [5.74, 6) is 0.116. The summed E-state index contributed by atoms with van der Waals surface area (Å²) in [4.78, 5) is 32.8. The number of methoxy groups -OCH3 is 1. The molecule has 0 radical (unpaired) electrons. The van der Waals surface area contributed by atoms with E-state index in [9.17, 15) is 9.59 Å². The van der Waals surface area contributed by atoms with Crippen molar-refractivity contribution >= 4 is 28.6 Å². The van der Waals surface area contributed by atoms with Gasteiger partial charge in [0, 0.05) is 19.2 Å². The Labute approximate surface area is 170 Å². The molecule has 2 aromatic rings. The van der Waals surface area contributed by atoms with Gasteiger partial charge >= 0.3 is 0 Å². The largest absolute Gasteiger partial charge is 0.383 e. The number of aromatic nitrogens is 2. The highest BCUT2D eigenvalue weighted by Gasteiger charge is 2.32. The van der Waals surface area contributed by atoms with Crippen molar-refractivity contribution in [3.63, 3.8) is 0 Å². The molecule has 0 aliphatic carbocycles. The third-order valence-electron chi connectivity index (χ3n) is 5.42. The van der Waals surface area contributed by atoms with Crippen molar-refractivity contribution in [2.24, 2.45) is 0 Å². The molecule has 1 aromatic carbocycles. The van der Waals surface area contributed by atoms with E-state index in [0.29, 0.717) is 29.2 Å². The maximum atomic E-state index is 13.2. The fourth-order valence-electron chi connectivity index (χ4n) is 3.89. The fourth-order valence-corrected chi connectivity index (χ4v) is 4.88. The lowest BCUT2D eigenvalue weighted by Gasteiger charge is -2.40. The molecule has 1 saturated heterocycles. The van der Waals surface area contributed by atoms with E-state index >= 15 is 0 Å². The highest BCUT2D eigenvalue weighted by molar-refractivity contribution is 8.00. The van der Waals surface area contributed by atoms with E-state index < -0.39 is 0 Å². The molecule has 0 unspecified atom stereocenters. The van der Waals surface area contributed by atoms with Crippen LogP contribution in [0.1, 0.15) is 40.0 Å². The summed E-state index contributed by atoms with van der Waals surface area (Å²) >= 11 is 1.36. The van der Waals surface area contributed by atoms with Gasteiger partial charge in [0.25, 0.3) is 5.56 Å². The first kappa shape index (κ1) is 20.9. The molecular weight excluding hydrogens is 374 g/mol. The number of nitrogens with zero attached hydrogens (tertiary/aromatic N) is 3. The third-order valence-corrected chi connectivity index (χ3v) is 6.50. The normalized spacial score (nSPS) is 21.1. The van der Waals surface area contributed by atoms with Gasteiger partial charge in [0.1, 0.15) is 0 Å². The van der Waals surface area contributed by atoms with Gasteiger partial charge in [-0.15, -0.1) is 0 Å². The van der Waals surface area contributed by atoms with E-state index in [1.54, 1.807) is 17.7 Å². The number of carbonyl (C=O) groups is 1. The molecule has 3 atom stereocenters. The topological polar surface area (TPSA) is 64.4 Å². The minimum Gasteiger partial charge on any atom is -0.383 e. The number of piperidine rings is 1. The molecule has 28 heavy (non-hydrogen) atoms. The summed E-state index contributed by atoms with van der Waals surface area (Å²) in [6.07, 6.45) is 3.25. The molecule has 0 saturated carbocycles. The Kier molecular flexibility index (Phi) is 6.78. The average Bonchev–Trinajstić information content (AvgIpc) is 2.67. The molecule has 3 rings (SSSR count). The van der Waals surface area contributed by atoms with Gasteiger partial charge in [-0.05, 0) is 52.2 Å². The molecule has 6 nitrogen and oxygen atoms in total. The zero-order valence-electron chi connectivity index (χ0n) is 17.1. The van der Waals surface area contributed by atoms with Gasteiger partial charge < -0.3 is 9.64 Å². The number of hydrogen-bond acceptors (Lipinski definition) is 5. The Bertz CT molecular complexity index is 888. The van der Waals surface area contributed by atoms with Gasteiger partial charge in [0.15, 0.2) is 5.16 Å². The van der Waals surface area contributed by atoms with Gasteiger partial charge in [-0.25, -0.2) is 4.98 Å². The molecule has 1 amide bonds. The summed E-state index contributed by atoms with van der Waals surface area (Å²) in [7, 11) is 1.61. The number of carbonyl (C=O) groups excluding carboxylic acids is 1. The van der Waals surface area contributed by atoms with E-state index in [4.69, 9.17) is 9.72 Å². The van der Waals surface area contributed by atoms with Crippen LogP contribution in [-0.2, 0) is 16.1 Å². The van der Waals surface area contributed by atoms with Gasteiger partial charge in [-0.1, -0.05) is 23.9 Å². The van der Waals surface area contributed by atoms with Crippen molar-refractivity contribution in [3.05, 3.63) is 34.6 Å². The molecule has 0 bridgehead atoms. The Balaban J connectivity index is 1.91. The van der Waals surface area contributed by atoms with Crippen molar-refractivity contribution in [1.82, 2.24) is 14.5 Å². The summed E-state index contributed by atoms with van der Waals surface area (Å²) in [5.41, 5.74) is 0.563. The van der Waals surface area contributed by atoms with Crippen LogP contribution in [0.25, 0.3) is 10.9 Å². The molecule has 1 aliphatic rings. The highest BCUT2D eigenvalue weighted by Crippen LogP contribution is 2.29. The number of benzene rings is 1. The second kappa shape index (κ2) is 9.09. The van der Waals surface area contributed by atoms with Crippen LogP contribution in [0.2, 0.25) is 0 Å². The number of rotatable bonds is 6. The van der Waals surface area contributed by atoms with Crippen LogP contribution >= 0.6 is 11.8 Å². The maximum absolute atomic E-state index is 13.2. The van der Waals surface area contributed by atoms with Crippen molar-refractivity contribution in [2.75, 3.05) is 13.7 Å². The van der Waals surface area contributed by atoms with E-state index in [1.807, 2.05) is 30.0 Å². The lowest BCUT2D eigenvalue weighted by atomic mass is 9.97.